The summed E-state index contributed by atoms with van der Waals surface area (Å²) in [6.45, 7) is 0.112. The number of methoxy groups -OCH3 is 2. The molecule has 0 fully saturated rings. The number of carbonyl (C=O) groups excluding carboxylic acids is 2. The molecular formula is C13H17NO5. The van der Waals surface area contributed by atoms with Gasteiger partial charge >= 0.3 is 5.97 Å². The molecule has 6 nitrogen and oxygen atoms in total. The minimum atomic E-state index is -0.367. The van der Waals surface area contributed by atoms with E-state index in [0.717, 1.165) is 0 Å². The molecule has 0 unspecified atom stereocenters. The van der Waals surface area contributed by atoms with E-state index >= 15 is 0 Å². The summed E-state index contributed by atoms with van der Waals surface area (Å²) in [6.07, 6.45) is 0.140. The van der Waals surface area contributed by atoms with Gasteiger partial charge in [-0.2, -0.15) is 0 Å². The first-order valence-electron chi connectivity index (χ1n) is 5.76. The van der Waals surface area contributed by atoms with Crippen molar-refractivity contribution in [3.63, 3.8) is 0 Å². The highest BCUT2D eigenvalue weighted by molar-refractivity contribution is 5.78. The zero-order valence-electron chi connectivity index (χ0n) is 11.0. The highest BCUT2D eigenvalue weighted by Crippen LogP contribution is 2.18. The summed E-state index contributed by atoms with van der Waals surface area (Å²) in [4.78, 5) is 22.2. The second-order valence-corrected chi connectivity index (χ2v) is 3.64. The van der Waals surface area contributed by atoms with E-state index in [2.05, 4.69) is 10.1 Å². The molecule has 1 amide bonds. The fourth-order valence-corrected chi connectivity index (χ4v) is 1.30. The molecule has 0 atom stereocenters. The minimum absolute atomic E-state index is 0.117. The Kier molecular flexibility index (Phi) is 6.21. The monoisotopic (exact) mass is 267 g/mol. The second kappa shape index (κ2) is 7.97. The Hall–Kier alpha value is -2.24. The number of ether oxygens (including phenoxy) is 3. The van der Waals surface area contributed by atoms with E-state index in [1.54, 1.807) is 31.4 Å². The van der Waals surface area contributed by atoms with Crippen molar-refractivity contribution in [3.05, 3.63) is 24.3 Å². The number of rotatable bonds is 7. The van der Waals surface area contributed by atoms with Gasteiger partial charge in [-0.1, -0.05) is 6.07 Å². The van der Waals surface area contributed by atoms with Gasteiger partial charge in [0.25, 0.3) is 5.91 Å². The molecule has 0 saturated carbocycles. The van der Waals surface area contributed by atoms with Gasteiger partial charge in [0.2, 0.25) is 0 Å². The molecule has 0 aliphatic heterocycles. The van der Waals surface area contributed by atoms with Crippen LogP contribution in [-0.4, -0.2) is 39.2 Å². The lowest BCUT2D eigenvalue weighted by atomic mass is 10.3. The largest absolute Gasteiger partial charge is 0.497 e. The molecule has 104 valence electrons. The summed E-state index contributed by atoms with van der Waals surface area (Å²) >= 11 is 0. The Morgan fingerprint density at radius 1 is 1.21 bits per heavy atom. The van der Waals surface area contributed by atoms with E-state index in [9.17, 15) is 9.59 Å². The SMILES string of the molecule is COC(=O)CCNC(=O)COc1cccc(OC)c1. The normalized spacial score (nSPS) is 9.58. The molecule has 1 rings (SSSR count). The third-order valence-corrected chi connectivity index (χ3v) is 2.29. The van der Waals surface area contributed by atoms with E-state index < -0.39 is 0 Å². The first kappa shape index (κ1) is 14.8. The van der Waals surface area contributed by atoms with Crippen LogP contribution in [0.2, 0.25) is 0 Å². The van der Waals surface area contributed by atoms with Gasteiger partial charge in [0, 0.05) is 12.6 Å². The lowest BCUT2D eigenvalue weighted by molar-refractivity contribution is -0.140. The van der Waals surface area contributed by atoms with E-state index in [1.807, 2.05) is 0 Å². The first-order chi connectivity index (χ1) is 9.15. The predicted molar refractivity (Wildman–Crippen MR) is 68.1 cm³/mol. The van der Waals surface area contributed by atoms with E-state index in [-0.39, 0.29) is 31.4 Å². The van der Waals surface area contributed by atoms with Crippen LogP contribution in [0.15, 0.2) is 24.3 Å². The molecule has 0 bridgehead atoms. The van der Waals surface area contributed by atoms with Gasteiger partial charge in [-0.3, -0.25) is 9.59 Å². The predicted octanol–water partition coefficient (Wildman–Crippen LogP) is 0.753. The van der Waals surface area contributed by atoms with Crippen molar-refractivity contribution in [1.82, 2.24) is 5.32 Å². The number of benzene rings is 1. The van der Waals surface area contributed by atoms with Gasteiger partial charge in [-0.05, 0) is 12.1 Å². The summed E-state index contributed by atoms with van der Waals surface area (Å²) in [7, 11) is 2.86. The highest BCUT2D eigenvalue weighted by atomic mass is 16.5. The molecule has 0 spiro atoms. The van der Waals surface area contributed by atoms with Gasteiger partial charge in [0.1, 0.15) is 11.5 Å². The van der Waals surface area contributed by atoms with Crippen LogP contribution in [0.3, 0.4) is 0 Å². The molecular weight excluding hydrogens is 250 g/mol. The van der Waals surface area contributed by atoms with Gasteiger partial charge < -0.3 is 19.5 Å². The third kappa shape index (κ3) is 5.76. The molecule has 1 N–H and O–H groups in total. The average Bonchev–Trinajstić information content (AvgIpc) is 2.45. The van der Waals surface area contributed by atoms with E-state index in [0.29, 0.717) is 11.5 Å². The number of hydrogen-bond donors (Lipinski definition) is 1. The van der Waals surface area contributed by atoms with Crippen molar-refractivity contribution in [2.75, 3.05) is 27.4 Å². The highest BCUT2D eigenvalue weighted by Gasteiger charge is 2.05. The lowest BCUT2D eigenvalue weighted by Gasteiger charge is -2.08. The summed E-state index contributed by atoms with van der Waals surface area (Å²) in [5, 5.41) is 2.55. The van der Waals surface area contributed by atoms with Crippen molar-refractivity contribution in [2.45, 2.75) is 6.42 Å². The number of hydrogen-bond acceptors (Lipinski definition) is 5. The summed E-state index contributed by atoms with van der Waals surface area (Å²) in [5.41, 5.74) is 0. The van der Waals surface area contributed by atoms with Gasteiger partial charge in [0.05, 0.1) is 20.6 Å². The molecule has 1 aromatic carbocycles. The summed E-state index contributed by atoms with van der Waals surface area (Å²) < 4.78 is 14.8. The number of carbonyl (C=O) groups is 2. The van der Waals surface area contributed by atoms with Crippen molar-refractivity contribution < 1.29 is 23.8 Å². The maximum Gasteiger partial charge on any atom is 0.307 e. The number of nitrogens with one attached hydrogen (secondary N) is 1. The quantitative estimate of drug-likeness (QED) is 0.738. The molecule has 0 aliphatic rings. The topological polar surface area (TPSA) is 73.9 Å². The van der Waals surface area contributed by atoms with Crippen LogP contribution < -0.4 is 14.8 Å². The number of amides is 1. The summed E-state index contributed by atoms with van der Waals surface area (Å²) in [6, 6.07) is 6.96. The summed E-state index contributed by atoms with van der Waals surface area (Å²) in [5.74, 6) is 0.534. The van der Waals surface area contributed by atoms with Crippen LogP contribution in [0.1, 0.15) is 6.42 Å². The van der Waals surface area contributed by atoms with Crippen LogP contribution in [0.4, 0.5) is 0 Å². The molecule has 0 saturated heterocycles. The van der Waals surface area contributed by atoms with Crippen LogP contribution in [0, 0.1) is 0 Å². The van der Waals surface area contributed by atoms with Gasteiger partial charge in [-0.15, -0.1) is 0 Å². The molecule has 19 heavy (non-hydrogen) atoms. The van der Waals surface area contributed by atoms with Gasteiger partial charge in [-0.25, -0.2) is 0 Å². The Morgan fingerprint density at radius 3 is 2.63 bits per heavy atom. The molecule has 0 radical (unpaired) electrons. The maximum atomic E-state index is 11.4. The molecule has 0 aliphatic carbocycles. The Morgan fingerprint density at radius 2 is 1.95 bits per heavy atom. The zero-order chi connectivity index (χ0) is 14.1. The Labute approximate surface area is 111 Å². The van der Waals surface area contributed by atoms with Crippen LogP contribution >= 0.6 is 0 Å². The van der Waals surface area contributed by atoms with Crippen molar-refractivity contribution in [3.8, 4) is 11.5 Å². The van der Waals surface area contributed by atoms with Crippen LogP contribution in [0.25, 0.3) is 0 Å². The number of esters is 1. The van der Waals surface area contributed by atoms with Crippen LogP contribution in [0.5, 0.6) is 11.5 Å². The standard InChI is InChI=1S/C13H17NO5/c1-17-10-4-3-5-11(8-10)19-9-12(15)14-7-6-13(16)18-2/h3-5,8H,6-7,9H2,1-2H3,(H,14,15). The second-order valence-electron chi connectivity index (χ2n) is 3.64. The first-order valence-corrected chi connectivity index (χ1v) is 5.76. The fraction of sp³-hybridized carbons (Fsp3) is 0.385. The van der Waals surface area contributed by atoms with Crippen molar-refractivity contribution in [2.24, 2.45) is 0 Å². The fourth-order valence-electron chi connectivity index (χ4n) is 1.30. The zero-order valence-corrected chi connectivity index (χ0v) is 11.0. The third-order valence-electron chi connectivity index (χ3n) is 2.29. The van der Waals surface area contributed by atoms with Crippen molar-refractivity contribution >= 4 is 11.9 Å². The molecule has 6 heteroatoms. The average molecular weight is 267 g/mol. The molecule has 0 heterocycles. The lowest BCUT2D eigenvalue weighted by Crippen LogP contribution is -2.30. The minimum Gasteiger partial charge on any atom is -0.497 e. The Balaban J connectivity index is 2.27. The van der Waals surface area contributed by atoms with Crippen LogP contribution in [-0.2, 0) is 14.3 Å². The maximum absolute atomic E-state index is 11.4. The van der Waals surface area contributed by atoms with Gasteiger partial charge in [0.15, 0.2) is 6.61 Å². The van der Waals surface area contributed by atoms with E-state index in [1.165, 1.54) is 7.11 Å². The smallest absolute Gasteiger partial charge is 0.307 e. The molecule has 1 aromatic rings. The Bertz CT molecular complexity index is 433. The van der Waals surface area contributed by atoms with E-state index in [4.69, 9.17) is 9.47 Å². The molecule has 0 aromatic heterocycles. The van der Waals surface area contributed by atoms with Crippen molar-refractivity contribution in [1.29, 1.82) is 0 Å².